The number of carbonyl (C=O) groups is 1. The molecule has 0 fully saturated rings. The molecule has 108 valence electrons. The van der Waals surface area contributed by atoms with Gasteiger partial charge in [0.1, 0.15) is 0 Å². The lowest BCUT2D eigenvalue weighted by Crippen LogP contribution is -2.31. The van der Waals surface area contributed by atoms with Crippen LogP contribution in [0.4, 0.5) is 5.69 Å². The fourth-order valence-corrected chi connectivity index (χ4v) is 3.40. The van der Waals surface area contributed by atoms with Gasteiger partial charge in [-0.1, -0.05) is 17.7 Å². The van der Waals surface area contributed by atoms with Crippen LogP contribution in [0.5, 0.6) is 0 Å². The van der Waals surface area contributed by atoms with Gasteiger partial charge >= 0.3 is 0 Å². The quantitative estimate of drug-likeness (QED) is 0.846. The Morgan fingerprint density at radius 2 is 2.19 bits per heavy atom. The van der Waals surface area contributed by atoms with Gasteiger partial charge in [-0.05, 0) is 24.1 Å². The number of hydrogen-bond donors (Lipinski definition) is 2. The average Bonchev–Trinajstić information content (AvgIpc) is 3.11. The maximum Gasteiger partial charge on any atom is 0.279 e. The number of carbonyl (C=O) groups excluding carboxylic acids is 1. The first-order valence-electron chi connectivity index (χ1n) is 7.12. The maximum atomic E-state index is 12.8. The number of fused-ring (bicyclic) bond motifs is 2. The van der Waals surface area contributed by atoms with Crippen molar-refractivity contribution in [3.63, 3.8) is 0 Å². The molecule has 4 rings (SSSR count). The predicted molar refractivity (Wildman–Crippen MR) is 80.8 cm³/mol. The third kappa shape index (κ3) is 1.96. The number of amides is 1. The highest BCUT2D eigenvalue weighted by atomic mass is 35.5. The Bertz CT molecular complexity index is 724. The predicted octanol–water partition coefficient (Wildman–Crippen LogP) is 1.91. The zero-order valence-electron chi connectivity index (χ0n) is 11.4. The Morgan fingerprint density at radius 3 is 3.10 bits per heavy atom. The number of halogens is 1. The summed E-state index contributed by atoms with van der Waals surface area (Å²) in [6, 6.07) is 5.70. The molecular weight excluding hydrogens is 288 g/mol. The van der Waals surface area contributed by atoms with Crippen molar-refractivity contribution in [2.75, 3.05) is 18.0 Å². The number of rotatable bonds is 1. The fraction of sp³-hybridized carbons (Fsp3) is 0.333. The van der Waals surface area contributed by atoms with E-state index in [2.05, 4.69) is 15.5 Å². The van der Waals surface area contributed by atoms with Crippen molar-refractivity contribution in [3.8, 4) is 0 Å². The second kappa shape index (κ2) is 4.86. The van der Waals surface area contributed by atoms with Crippen molar-refractivity contribution >= 4 is 23.2 Å². The van der Waals surface area contributed by atoms with E-state index in [1.807, 2.05) is 18.2 Å². The van der Waals surface area contributed by atoms with Crippen LogP contribution in [0.2, 0.25) is 5.02 Å². The van der Waals surface area contributed by atoms with Gasteiger partial charge in [0.2, 0.25) is 0 Å². The van der Waals surface area contributed by atoms with Crippen LogP contribution in [-0.2, 0) is 19.4 Å². The molecule has 1 aromatic carbocycles. The minimum atomic E-state index is -0.0442. The largest absolute Gasteiger partial charge is 0.312 e. The van der Waals surface area contributed by atoms with Crippen molar-refractivity contribution in [1.82, 2.24) is 15.5 Å². The number of aromatic amines is 1. The zero-order valence-corrected chi connectivity index (χ0v) is 12.2. The topological polar surface area (TPSA) is 61.0 Å². The van der Waals surface area contributed by atoms with E-state index in [0.717, 1.165) is 46.9 Å². The van der Waals surface area contributed by atoms with Gasteiger partial charge in [-0.2, -0.15) is 5.10 Å². The van der Waals surface area contributed by atoms with Crippen LogP contribution in [0.1, 0.15) is 27.3 Å². The number of benzene rings is 1. The van der Waals surface area contributed by atoms with Gasteiger partial charge in [0.25, 0.3) is 5.91 Å². The Balaban J connectivity index is 1.71. The summed E-state index contributed by atoms with van der Waals surface area (Å²) in [7, 11) is 0. The van der Waals surface area contributed by atoms with Crippen LogP contribution >= 0.6 is 11.6 Å². The van der Waals surface area contributed by atoms with Gasteiger partial charge in [-0.15, -0.1) is 0 Å². The summed E-state index contributed by atoms with van der Waals surface area (Å²) in [5.41, 5.74) is 4.57. The summed E-state index contributed by atoms with van der Waals surface area (Å²) in [4.78, 5) is 14.6. The van der Waals surface area contributed by atoms with Crippen LogP contribution in [-0.4, -0.2) is 29.2 Å². The van der Waals surface area contributed by atoms with E-state index in [-0.39, 0.29) is 5.91 Å². The number of H-pyrrole nitrogens is 1. The van der Waals surface area contributed by atoms with Crippen molar-refractivity contribution in [2.45, 2.75) is 19.4 Å². The first kappa shape index (κ1) is 12.9. The van der Waals surface area contributed by atoms with Crippen LogP contribution in [0.25, 0.3) is 0 Å². The Hall–Kier alpha value is -1.85. The molecule has 1 aromatic heterocycles. The smallest absolute Gasteiger partial charge is 0.279 e. The second-order valence-electron chi connectivity index (χ2n) is 5.40. The minimum absolute atomic E-state index is 0.0442. The highest BCUT2D eigenvalue weighted by Gasteiger charge is 2.31. The molecule has 0 unspecified atom stereocenters. The molecule has 0 bridgehead atoms. The summed E-state index contributed by atoms with van der Waals surface area (Å²) >= 11 is 6.21. The van der Waals surface area contributed by atoms with E-state index < -0.39 is 0 Å². The van der Waals surface area contributed by atoms with E-state index in [0.29, 0.717) is 18.8 Å². The molecule has 0 saturated heterocycles. The van der Waals surface area contributed by atoms with Gasteiger partial charge in [-0.25, -0.2) is 0 Å². The third-order valence-corrected chi connectivity index (χ3v) is 4.58. The van der Waals surface area contributed by atoms with Gasteiger partial charge in [0.15, 0.2) is 5.69 Å². The van der Waals surface area contributed by atoms with E-state index in [1.165, 1.54) is 0 Å². The summed E-state index contributed by atoms with van der Waals surface area (Å²) in [6.45, 7) is 2.28. The SMILES string of the molecule is O=C(c1n[nH]c2c1CNCC2)N1CCc2c(Cl)cccc21. The molecule has 0 atom stereocenters. The third-order valence-electron chi connectivity index (χ3n) is 4.22. The first-order chi connectivity index (χ1) is 10.3. The second-order valence-corrected chi connectivity index (χ2v) is 5.81. The monoisotopic (exact) mass is 302 g/mol. The van der Waals surface area contributed by atoms with E-state index >= 15 is 0 Å². The first-order valence-corrected chi connectivity index (χ1v) is 7.49. The molecule has 5 nitrogen and oxygen atoms in total. The van der Waals surface area contributed by atoms with Gasteiger partial charge < -0.3 is 10.2 Å². The molecule has 2 aliphatic heterocycles. The summed E-state index contributed by atoms with van der Waals surface area (Å²) in [5.74, 6) is -0.0442. The summed E-state index contributed by atoms with van der Waals surface area (Å²) in [6.07, 6.45) is 1.68. The molecule has 2 aliphatic rings. The highest BCUT2D eigenvalue weighted by molar-refractivity contribution is 6.32. The molecule has 0 radical (unpaired) electrons. The molecule has 0 aliphatic carbocycles. The lowest BCUT2D eigenvalue weighted by Gasteiger charge is -2.18. The fourth-order valence-electron chi connectivity index (χ4n) is 3.13. The van der Waals surface area contributed by atoms with Crippen LogP contribution < -0.4 is 10.2 Å². The molecule has 21 heavy (non-hydrogen) atoms. The molecule has 1 amide bonds. The van der Waals surface area contributed by atoms with Crippen molar-refractivity contribution in [3.05, 3.63) is 45.7 Å². The normalized spacial score (nSPS) is 16.7. The number of nitrogens with zero attached hydrogens (tertiary/aromatic N) is 2. The number of aromatic nitrogens is 2. The standard InChI is InChI=1S/C15H15ClN4O/c16-11-2-1-3-13-9(11)5-7-20(13)15(21)14-10-8-17-6-4-12(10)18-19-14/h1-3,17H,4-8H2,(H,18,19). The minimum Gasteiger partial charge on any atom is -0.312 e. The van der Waals surface area contributed by atoms with E-state index in [1.54, 1.807) is 4.90 Å². The molecule has 2 N–H and O–H groups in total. The van der Waals surface area contributed by atoms with Gasteiger partial charge in [0.05, 0.1) is 0 Å². The summed E-state index contributed by atoms with van der Waals surface area (Å²) in [5, 5.41) is 11.3. The molecule has 6 heteroatoms. The number of nitrogens with one attached hydrogen (secondary N) is 2. The Morgan fingerprint density at radius 1 is 1.29 bits per heavy atom. The maximum absolute atomic E-state index is 12.8. The Labute approximate surface area is 127 Å². The number of anilines is 1. The van der Waals surface area contributed by atoms with Crippen LogP contribution in [0.3, 0.4) is 0 Å². The lowest BCUT2D eigenvalue weighted by molar-refractivity contribution is 0.0983. The zero-order chi connectivity index (χ0) is 14.4. The summed E-state index contributed by atoms with van der Waals surface area (Å²) < 4.78 is 0. The van der Waals surface area contributed by atoms with Gasteiger partial charge in [-0.3, -0.25) is 9.89 Å². The molecule has 0 saturated carbocycles. The molecule has 2 aromatic rings. The molecular formula is C15H15ClN4O. The van der Waals surface area contributed by atoms with Crippen LogP contribution in [0, 0.1) is 0 Å². The van der Waals surface area contributed by atoms with E-state index in [4.69, 9.17) is 11.6 Å². The van der Waals surface area contributed by atoms with E-state index in [9.17, 15) is 4.79 Å². The Kier molecular flexibility index (Phi) is 2.97. The molecule has 0 spiro atoms. The van der Waals surface area contributed by atoms with Crippen molar-refractivity contribution < 1.29 is 4.79 Å². The molecule has 3 heterocycles. The van der Waals surface area contributed by atoms with Crippen LogP contribution in [0.15, 0.2) is 18.2 Å². The highest BCUT2D eigenvalue weighted by Crippen LogP contribution is 2.34. The lowest BCUT2D eigenvalue weighted by atomic mass is 10.1. The van der Waals surface area contributed by atoms with Crippen molar-refractivity contribution in [1.29, 1.82) is 0 Å². The number of hydrogen-bond acceptors (Lipinski definition) is 3. The average molecular weight is 303 g/mol. The van der Waals surface area contributed by atoms with Gasteiger partial charge in [0, 0.05) is 48.0 Å². The van der Waals surface area contributed by atoms with Crippen molar-refractivity contribution in [2.24, 2.45) is 0 Å².